The van der Waals surface area contributed by atoms with E-state index in [9.17, 15) is 32.3 Å². The van der Waals surface area contributed by atoms with Crippen molar-refractivity contribution in [2.75, 3.05) is 35.5 Å². The molecule has 0 atom stereocenters. The van der Waals surface area contributed by atoms with E-state index in [4.69, 9.17) is 36.9 Å². The van der Waals surface area contributed by atoms with Gasteiger partial charge in [0, 0.05) is 40.8 Å². The van der Waals surface area contributed by atoms with Gasteiger partial charge < -0.3 is 33.1 Å². The largest absolute Gasteiger partial charge is 0.741 e. The van der Waals surface area contributed by atoms with E-state index < -0.39 is 39.5 Å². The van der Waals surface area contributed by atoms with Gasteiger partial charge in [-0.25, -0.2) is 37.2 Å². The number of carbonyl (C=O) groups excluding carboxylic acids is 4. The quantitative estimate of drug-likeness (QED) is 0.0497. The van der Waals surface area contributed by atoms with Crippen LogP contribution in [0.1, 0.15) is 58.4 Å². The third-order valence-corrected chi connectivity index (χ3v) is 12.8. The lowest BCUT2D eigenvalue weighted by Gasteiger charge is -2.10. The van der Waals surface area contributed by atoms with Gasteiger partial charge in [-0.15, -0.1) is 0 Å². The molecule has 0 saturated carbocycles. The van der Waals surface area contributed by atoms with Crippen molar-refractivity contribution in [2.24, 2.45) is 7.05 Å². The van der Waals surface area contributed by atoms with Gasteiger partial charge in [-0.1, -0.05) is 48.5 Å². The highest BCUT2D eigenvalue weighted by Crippen LogP contribution is 2.41. The third-order valence-electron chi connectivity index (χ3n) is 12.2. The highest BCUT2D eigenvalue weighted by atomic mass is 32.2. The van der Waals surface area contributed by atoms with Gasteiger partial charge >= 0.3 is 29.4 Å². The van der Waals surface area contributed by atoms with E-state index in [0.29, 0.717) is 33.6 Å². The summed E-state index contributed by atoms with van der Waals surface area (Å²) in [6, 6.07) is 39.5. The Kier molecular flexibility index (Phi) is 14.3. The van der Waals surface area contributed by atoms with Gasteiger partial charge in [0.25, 0.3) is 0 Å². The number of alkyl halides is 3. The van der Waals surface area contributed by atoms with Crippen molar-refractivity contribution in [1.29, 1.82) is 0 Å². The molecule has 15 nitrogen and oxygen atoms in total. The molecule has 0 aliphatic carbocycles. The minimum absolute atomic E-state index is 0.408. The van der Waals surface area contributed by atoms with Crippen LogP contribution in [-0.2, 0) is 36.1 Å². The number of aryl methyl sites for hydroxylation is 1. The van der Waals surface area contributed by atoms with E-state index in [1.54, 1.807) is 48.5 Å². The smallest absolute Gasteiger partial charge is 0.485 e. The summed E-state index contributed by atoms with van der Waals surface area (Å²) in [6.07, 6.45) is 6.02. The molecule has 0 amide bonds. The molecule has 2 aliphatic heterocycles. The Labute approximate surface area is 421 Å². The number of methoxy groups -OCH3 is 4. The topological polar surface area (TPSA) is 199 Å². The molecule has 74 heavy (non-hydrogen) atoms. The first-order chi connectivity index (χ1) is 35.3. The minimum Gasteiger partial charge on any atom is -0.741 e. The number of carbonyl (C=O) groups is 4. The van der Waals surface area contributed by atoms with Crippen molar-refractivity contribution in [2.45, 2.75) is 5.51 Å². The average molecular weight is 1030 g/mol. The van der Waals surface area contributed by atoms with Gasteiger partial charge in [0.15, 0.2) is 16.3 Å². The van der Waals surface area contributed by atoms with Gasteiger partial charge in [-0.3, -0.25) is 0 Å². The molecule has 0 saturated heterocycles. The van der Waals surface area contributed by atoms with Gasteiger partial charge in [0.2, 0.25) is 5.69 Å². The van der Waals surface area contributed by atoms with Crippen LogP contribution in [0.15, 0.2) is 127 Å². The van der Waals surface area contributed by atoms with E-state index in [1.807, 2.05) is 86.9 Å². The van der Waals surface area contributed by atoms with Crippen LogP contribution < -0.4 is 0 Å². The maximum atomic E-state index is 12.6. The van der Waals surface area contributed by atoms with E-state index in [0.717, 1.165) is 77.8 Å². The normalized spacial score (nSPS) is 12.0. The summed E-state index contributed by atoms with van der Waals surface area (Å²) in [5.74, 6) is -1.77. The zero-order valence-corrected chi connectivity index (χ0v) is 41.0. The monoisotopic (exact) mass is 1020 g/mol. The molecule has 0 unspecified atom stereocenters. The Hall–Kier alpha value is -8.94. The van der Waals surface area contributed by atoms with Crippen LogP contribution in [0.4, 0.5) is 18.9 Å². The summed E-state index contributed by atoms with van der Waals surface area (Å²) >= 11 is 0. The molecule has 2 aliphatic rings. The number of nitrogens with one attached hydrogen (secondary N) is 1. The second-order valence-corrected chi connectivity index (χ2v) is 17.9. The first kappa shape index (κ1) is 51.4. The molecule has 0 fully saturated rings. The fraction of sp³-hybridized carbons (Fsp3) is 0.127. The second kappa shape index (κ2) is 20.7. The molecular weight excluding hydrogens is 982 g/mol. The highest BCUT2D eigenvalue weighted by molar-refractivity contribution is 7.86. The lowest BCUT2D eigenvalue weighted by atomic mass is 9.98. The predicted octanol–water partition coefficient (Wildman–Crippen LogP) is 10.4. The molecule has 3 aromatic heterocycles. The minimum atomic E-state index is -6.09. The molecule has 5 heterocycles. The molecule has 7 aromatic rings. The molecule has 1 N–H and O–H groups in total. The Balaban J connectivity index is 0.000000842. The van der Waals surface area contributed by atoms with Crippen LogP contribution in [-0.4, -0.2) is 103 Å². The maximum Gasteiger partial charge on any atom is 0.485 e. The van der Waals surface area contributed by atoms with Crippen LogP contribution >= 0.6 is 0 Å². The first-order valence-electron chi connectivity index (χ1n) is 22.2. The number of fused-ring (bicyclic) bond motifs is 8. The molecule has 0 radical (unpaired) electrons. The zero-order chi connectivity index (χ0) is 53.2. The lowest BCUT2D eigenvalue weighted by molar-refractivity contribution is -0.395. The van der Waals surface area contributed by atoms with Crippen LogP contribution in [0, 0.1) is 0 Å². The highest BCUT2D eigenvalue weighted by Gasteiger charge is 2.37. The van der Waals surface area contributed by atoms with Gasteiger partial charge in [0.05, 0.1) is 84.2 Å². The predicted molar refractivity (Wildman–Crippen MR) is 271 cm³/mol. The van der Waals surface area contributed by atoms with Gasteiger partial charge in [-0.05, 0) is 107 Å². The second-order valence-electron chi connectivity index (χ2n) is 16.6. The van der Waals surface area contributed by atoms with E-state index in [1.165, 1.54) is 28.4 Å². The summed E-state index contributed by atoms with van der Waals surface area (Å²) in [7, 11) is 3.34. The zero-order valence-electron chi connectivity index (χ0n) is 40.2. The molecule has 19 heteroatoms. The number of benzene rings is 4. The number of hydrogen-bond acceptors (Lipinski definition) is 12. The summed E-state index contributed by atoms with van der Waals surface area (Å²) in [5, 5.41) is 0. The number of rotatable bonds is 8. The Bertz CT molecular complexity index is 3750. The number of hydrogen-bond donors (Lipinski definition) is 1. The fourth-order valence-electron chi connectivity index (χ4n) is 8.63. The summed E-state index contributed by atoms with van der Waals surface area (Å²) in [4.78, 5) is 59.4. The molecule has 8 bridgehead atoms. The van der Waals surface area contributed by atoms with Crippen molar-refractivity contribution < 1.29 is 68.8 Å². The van der Waals surface area contributed by atoms with Crippen molar-refractivity contribution in [3.8, 4) is 44.5 Å². The summed E-state index contributed by atoms with van der Waals surface area (Å²) in [5.41, 5.74) is 9.02. The van der Waals surface area contributed by atoms with Crippen LogP contribution in [0.5, 0.6) is 0 Å². The molecule has 376 valence electrons. The van der Waals surface area contributed by atoms with Crippen molar-refractivity contribution in [1.82, 2.24) is 14.5 Å². The maximum absolute atomic E-state index is 12.6. The summed E-state index contributed by atoms with van der Waals surface area (Å²) < 4.78 is 83.2. The number of H-pyrrole nitrogens is 1. The average Bonchev–Trinajstić information content (AvgIpc) is 4.23. The fourth-order valence-corrected chi connectivity index (χ4v) is 8.63. The van der Waals surface area contributed by atoms with Crippen molar-refractivity contribution in [3.05, 3.63) is 167 Å². The number of esters is 4. The molecule has 4 aromatic carbocycles. The Morgan fingerprint density at radius 3 is 1.28 bits per heavy atom. The first-order valence-corrected chi connectivity index (χ1v) is 23.6. The van der Waals surface area contributed by atoms with Crippen LogP contribution in [0.3, 0.4) is 0 Å². The van der Waals surface area contributed by atoms with E-state index >= 15 is 0 Å². The number of aromatic nitrogens is 3. The van der Waals surface area contributed by atoms with Crippen molar-refractivity contribution in [3.63, 3.8) is 0 Å². The number of ether oxygens (including phenoxy) is 4. The summed E-state index contributed by atoms with van der Waals surface area (Å²) in [6.45, 7) is 0. The molecule has 9 rings (SSSR count). The van der Waals surface area contributed by atoms with E-state index in [-0.39, 0.29) is 0 Å². The molecule has 0 spiro atoms. The number of nitrogens with zero attached hydrogens (tertiary/aromatic N) is 3. The standard InChI is InChI=1S/C54H42N4O8.CHF3O3S/c1-57-30-39-29-46(57)50(34-13-21-38(22-14-34)54(62)66-6)45-28-27-44(58(45)2)49(33-11-19-37(20-12-33)53(61)65-5)43-26-25-42(56-43)48(32-9-17-36(18-10-32)52(60)64-4)41-24-23-40(55-41)47(39)31-7-15-35(16-8-31)51(59)63-3;2-1(3,4)8(5,6)7/h7-30H,1-6H3;(H,5,6,7). The van der Waals surface area contributed by atoms with Crippen LogP contribution in [0.2, 0.25) is 0 Å². The third kappa shape index (κ3) is 10.1. The molecular formula is C55H43F3N4O11S. The van der Waals surface area contributed by atoms with E-state index in [2.05, 4.69) is 38.5 Å². The van der Waals surface area contributed by atoms with Gasteiger partial charge in [0.1, 0.15) is 7.05 Å². The number of aromatic amines is 1. The SMILES string of the molecule is COC(=O)c1ccc(-c2c3cc(c(-c4ccc(C(=O)OC)cc4)c4ccc(c(-c5ccc(C(=O)OC)cc5)c5ccc([nH]5)c(-c5ccc(C(=O)OC)cc5)c5nc2C=C5)n4C)[N+](C)=C3)cc1.O=S(=O)([O-])C(F)(F)F. The van der Waals surface area contributed by atoms with Gasteiger partial charge in [-0.2, -0.15) is 13.2 Å². The Morgan fingerprint density at radius 2 is 0.892 bits per heavy atom. The number of halogens is 3. The van der Waals surface area contributed by atoms with Crippen molar-refractivity contribution >= 4 is 80.1 Å². The Morgan fingerprint density at radius 1 is 0.554 bits per heavy atom. The van der Waals surface area contributed by atoms with Crippen LogP contribution in [0.25, 0.3) is 78.7 Å². The lowest BCUT2D eigenvalue weighted by Crippen LogP contribution is -2.21.